The predicted molar refractivity (Wildman–Crippen MR) is 78.1 cm³/mol. The Bertz CT molecular complexity index is 405. The van der Waals surface area contributed by atoms with Crippen molar-refractivity contribution in [2.24, 2.45) is 23.0 Å². The van der Waals surface area contributed by atoms with E-state index in [1.54, 1.807) is 0 Å². The van der Waals surface area contributed by atoms with Crippen LogP contribution in [0.25, 0.3) is 0 Å². The summed E-state index contributed by atoms with van der Waals surface area (Å²) in [5.74, 6) is 1.10. The van der Waals surface area contributed by atoms with E-state index in [4.69, 9.17) is 10.5 Å². The molecule has 3 aliphatic rings. The minimum absolute atomic E-state index is 0.167. The lowest BCUT2D eigenvalue weighted by molar-refractivity contribution is -0.184. The number of hydrogen-bond donors (Lipinski definition) is 1. The SMILES string of the molecule is CCCN(CC1CC1)C(=O)C1(N)C2CCOC2C1(C)C. The van der Waals surface area contributed by atoms with Gasteiger partial charge in [-0.3, -0.25) is 4.79 Å². The average Bonchev–Trinajstić information content (AvgIpc) is 3.09. The van der Waals surface area contributed by atoms with Crippen LogP contribution in [0.15, 0.2) is 0 Å². The van der Waals surface area contributed by atoms with Crippen LogP contribution in [-0.2, 0) is 9.53 Å². The Kier molecular flexibility index (Phi) is 3.37. The maximum Gasteiger partial charge on any atom is 0.243 e. The van der Waals surface area contributed by atoms with Crippen molar-refractivity contribution in [2.75, 3.05) is 19.7 Å². The van der Waals surface area contributed by atoms with Gasteiger partial charge >= 0.3 is 0 Å². The quantitative estimate of drug-likeness (QED) is 0.835. The minimum Gasteiger partial charge on any atom is -0.377 e. The Morgan fingerprint density at radius 2 is 2.05 bits per heavy atom. The summed E-state index contributed by atoms with van der Waals surface area (Å²) in [6.45, 7) is 8.81. The topological polar surface area (TPSA) is 55.6 Å². The average molecular weight is 280 g/mol. The number of ether oxygens (including phenoxy) is 1. The summed E-state index contributed by atoms with van der Waals surface area (Å²) < 4.78 is 5.80. The van der Waals surface area contributed by atoms with Crippen LogP contribution in [0.5, 0.6) is 0 Å². The van der Waals surface area contributed by atoms with E-state index in [0.29, 0.717) is 5.92 Å². The molecule has 3 atom stereocenters. The second-order valence-corrected chi connectivity index (χ2v) is 7.47. The number of carbonyl (C=O) groups excluding carboxylic acids is 1. The van der Waals surface area contributed by atoms with E-state index < -0.39 is 5.54 Å². The number of rotatable bonds is 5. The maximum atomic E-state index is 13.1. The fraction of sp³-hybridized carbons (Fsp3) is 0.938. The van der Waals surface area contributed by atoms with Crippen molar-refractivity contribution >= 4 is 5.91 Å². The lowest BCUT2D eigenvalue weighted by Gasteiger charge is -2.61. The normalized spacial score (nSPS) is 38.2. The van der Waals surface area contributed by atoms with Crippen LogP contribution in [0, 0.1) is 17.3 Å². The fourth-order valence-electron chi connectivity index (χ4n) is 4.24. The second kappa shape index (κ2) is 4.70. The molecule has 3 fully saturated rings. The van der Waals surface area contributed by atoms with Crippen molar-refractivity contribution in [3.63, 3.8) is 0 Å². The molecule has 114 valence electrons. The molecule has 1 aliphatic heterocycles. The summed E-state index contributed by atoms with van der Waals surface area (Å²) in [6, 6.07) is 0. The van der Waals surface area contributed by atoms with E-state index in [9.17, 15) is 4.79 Å². The van der Waals surface area contributed by atoms with Crippen LogP contribution in [0.3, 0.4) is 0 Å². The van der Waals surface area contributed by atoms with Crippen molar-refractivity contribution in [1.82, 2.24) is 4.90 Å². The second-order valence-electron chi connectivity index (χ2n) is 7.47. The third-order valence-corrected chi connectivity index (χ3v) is 5.76. The number of nitrogens with two attached hydrogens (primary N) is 1. The molecule has 1 saturated heterocycles. The molecule has 0 radical (unpaired) electrons. The van der Waals surface area contributed by atoms with Gasteiger partial charge in [0.25, 0.3) is 0 Å². The Morgan fingerprint density at radius 1 is 1.35 bits per heavy atom. The molecule has 3 rings (SSSR count). The lowest BCUT2D eigenvalue weighted by atomic mass is 9.47. The zero-order valence-electron chi connectivity index (χ0n) is 13.0. The number of fused-ring (bicyclic) bond motifs is 1. The summed E-state index contributed by atoms with van der Waals surface area (Å²) in [4.78, 5) is 15.1. The van der Waals surface area contributed by atoms with Gasteiger partial charge in [-0.1, -0.05) is 20.8 Å². The van der Waals surface area contributed by atoms with Crippen molar-refractivity contribution in [2.45, 2.75) is 58.1 Å². The van der Waals surface area contributed by atoms with Crippen LogP contribution in [0.4, 0.5) is 0 Å². The summed E-state index contributed by atoms with van der Waals surface area (Å²) in [6.07, 6.45) is 4.63. The zero-order chi connectivity index (χ0) is 14.5. The third kappa shape index (κ3) is 1.84. The molecular formula is C16H28N2O2. The van der Waals surface area contributed by atoms with E-state index in [1.165, 1.54) is 12.8 Å². The molecule has 0 aromatic heterocycles. The molecule has 0 aromatic rings. The Morgan fingerprint density at radius 3 is 2.65 bits per heavy atom. The van der Waals surface area contributed by atoms with E-state index >= 15 is 0 Å². The Hall–Kier alpha value is -0.610. The molecule has 1 heterocycles. The van der Waals surface area contributed by atoms with E-state index in [-0.39, 0.29) is 23.3 Å². The van der Waals surface area contributed by atoms with Crippen molar-refractivity contribution < 1.29 is 9.53 Å². The number of nitrogens with zero attached hydrogens (tertiary/aromatic N) is 1. The molecule has 1 amide bonds. The highest BCUT2D eigenvalue weighted by molar-refractivity contribution is 5.89. The molecule has 3 unspecified atom stereocenters. The molecule has 4 heteroatoms. The Labute approximate surface area is 122 Å². The van der Waals surface area contributed by atoms with Crippen molar-refractivity contribution in [3.8, 4) is 0 Å². The monoisotopic (exact) mass is 280 g/mol. The fourth-order valence-corrected chi connectivity index (χ4v) is 4.24. The van der Waals surface area contributed by atoms with Gasteiger partial charge in [-0.05, 0) is 31.6 Å². The summed E-state index contributed by atoms with van der Waals surface area (Å²) in [5.41, 5.74) is 5.69. The minimum atomic E-state index is -0.724. The third-order valence-electron chi connectivity index (χ3n) is 5.76. The Balaban J connectivity index is 1.79. The molecule has 4 nitrogen and oxygen atoms in total. The maximum absolute atomic E-state index is 13.1. The smallest absolute Gasteiger partial charge is 0.243 e. The molecular weight excluding hydrogens is 252 g/mol. The molecule has 20 heavy (non-hydrogen) atoms. The van der Waals surface area contributed by atoms with Crippen molar-refractivity contribution in [3.05, 3.63) is 0 Å². The van der Waals surface area contributed by atoms with E-state index in [2.05, 4.69) is 20.8 Å². The van der Waals surface area contributed by atoms with Gasteiger partial charge < -0.3 is 15.4 Å². The first-order valence-electron chi connectivity index (χ1n) is 8.12. The molecule has 0 bridgehead atoms. The van der Waals surface area contributed by atoms with Crippen LogP contribution < -0.4 is 5.73 Å². The van der Waals surface area contributed by atoms with Gasteiger partial charge in [0.2, 0.25) is 5.91 Å². The summed E-state index contributed by atoms with van der Waals surface area (Å²) in [5, 5.41) is 0. The lowest BCUT2D eigenvalue weighted by Crippen LogP contribution is -2.80. The van der Waals surface area contributed by atoms with Gasteiger partial charge in [-0.25, -0.2) is 0 Å². The van der Waals surface area contributed by atoms with Gasteiger partial charge in [-0.2, -0.15) is 0 Å². The highest BCUT2D eigenvalue weighted by Gasteiger charge is 2.71. The highest BCUT2D eigenvalue weighted by atomic mass is 16.5. The molecule has 2 saturated carbocycles. The molecule has 2 aliphatic carbocycles. The van der Waals surface area contributed by atoms with Gasteiger partial charge in [-0.15, -0.1) is 0 Å². The number of hydrogen-bond acceptors (Lipinski definition) is 3. The van der Waals surface area contributed by atoms with E-state index in [0.717, 1.165) is 32.5 Å². The highest BCUT2D eigenvalue weighted by Crippen LogP contribution is 2.58. The largest absolute Gasteiger partial charge is 0.377 e. The van der Waals surface area contributed by atoms with Crippen LogP contribution >= 0.6 is 0 Å². The van der Waals surface area contributed by atoms with Crippen LogP contribution in [-0.4, -0.2) is 42.1 Å². The first-order chi connectivity index (χ1) is 9.42. The molecule has 2 N–H and O–H groups in total. The van der Waals surface area contributed by atoms with Gasteiger partial charge in [0, 0.05) is 31.0 Å². The summed E-state index contributed by atoms with van der Waals surface area (Å²) in [7, 11) is 0. The van der Waals surface area contributed by atoms with Crippen LogP contribution in [0.2, 0.25) is 0 Å². The summed E-state index contributed by atoms with van der Waals surface area (Å²) >= 11 is 0. The molecule has 0 aromatic carbocycles. The first-order valence-corrected chi connectivity index (χ1v) is 8.12. The van der Waals surface area contributed by atoms with Gasteiger partial charge in [0.15, 0.2) is 0 Å². The number of amides is 1. The van der Waals surface area contributed by atoms with Crippen LogP contribution in [0.1, 0.15) is 46.5 Å². The zero-order valence-corrected chi connectivity index (χ0v) is 13.0. The van der Waals surface area contributed by atoms with Crippen molar-refractivity contribution in [1.29, 1.82) is 0 Å². The van der Waals surface area contributed by atoms with E-state index in [1.807, 2.05) is 4.90 Å². The standard InChI is InChI=1S/C16H28N2O2/c1-4-8-18(10-11-5-6-11)14(19)16(17)12-7-9-20-13(12)15(16,2)3/h11-13H,4-10,17H2,1-3H3. The predicted octanol–water partition coefficient (Wildman–Crippen LogP) is 1.78. The van der Waals surface area contributed by atoms with Gasteiger partial charge in [0.1, 0.15) is 5.54 Å². The number of carbonyl (C=O) groups is 1. The van der Waals surface area contributed by atoms with Gasteiger partial charge in [0.05, 0.1) is 6.10 Å². The first kappa shape index (κ1) is 14.3. The molecule has 0 spiro atoms.